The minimum Gasteiger partial charge on any atom is -0.310 e. The Labute approximate surface area is 301 Å². The van der Waals surface area contributed by atoms with Crippen molar-refractivity contribution in [1.82, 2.24) is 4.98 Å². The summed E-state index contributed by atoms with van der Waals surface area (Å²) in [4.78, 5) is 7.45. The second kappa shape index (κ2) is 11.5. The van der Waals surface area contributed by atoms with Crippen LogP contribution in [0.15, 0.2) is 170 Å². The van der Waals surface area contributed by atoms with Gasteiger partial charge in [-0.15, -0.1) is 11.3 Å². The zero-order valence-corrected chi connectivity index (χ0v) is 29.3. The second-order valence-electron chi connectivity index (χ2n) is 14.0. The van der Waals surface area contributed by atoms with Crippen molar-refractivity contribution >= 4 is 60.2 Å². The van der Waals surface area contributed by atoms with Crippen molar-refractivity contribution in [3.8, 4) is 32.8 Å². The van der Waals surface area contributed by atoms with E-state index in [4.69, 9.17) is 4.98 Å². The molecular weight excluding hydrogens is 637 g/mol. The Bertz CT molecular complexity index is 2760. The normalized spacial score (nSPS) is 13.1. The first-order valence-electron chi connectivity index (χ1n) is 17.5. The standard InChI is InChI=1S/C48H34N2S/c1-48(2)43-16-10-9-15-39(43)40-26-24-37(30-44(40)48)50(35-21-17-32(18-22-35)31-11-5-3-6-12-31)36-23-19-33-20-25-41-38(42(33)29-36)27-28-45-46(41)51-47(49-45)34-13-7-4-8-14-34/h3-30H,1-2H3. The van der Waals surface area contributed by atoms with E-state index in [9.17, 15) is 0 Å². The van der Waals surface area contributed by atoms with Crippen LogP contribution in [0.25, 0.3) is 64.6 Å². The van der Waals surface area contributed by atoms with Crippen LogP contribution < -0.4 is 4.90 Å². The lowest BCUT2D eigenvalue weighted by Gasteiger charge is -2.28. The molecule has 8 aromatic carbocycles. The summed E-state index contributed by atoms with van der Waals surface area (Å²) in [5, 5.41) is 6.01. The minimum atomic E-state index is -0.0942. The van der Waals surface area contributed by atoms with Crippen LogP contribution in [0.3, 0.4) is 0 Å². The lowest BCUT2D eigenvalue weighted by Crippen LogP contribution is -2.16. The van der Waals surface area contributed by atoms with Gasteiger partial charge in [0.05, 0.1) is 10.2 Å². The average molecular weight is 671 g/mol. The molecule has 0 saturated heterocycles. The van der Waals surface area contributed by atoms with Gasteiger partial charge in [-0.3, -0.25) is 0 Å². The van der Waals surface area contributed by atoms with Crippen LogP contribution in [0, 0.1) is 0 Å². The highest BCUT2D eigenvalue weighted by Gasteiger charge is 2.35. The van der Waals surface area contributed by atoms with Crippen molar-refractivity contribution < 1.29 is 0 Å². The Kier molecular flexibility index (Phi) is 6.74. The number of hydrogen-bond acceptors (Lipinski definition) is 3. The first kappa shape index (κ1) is 29.8. The Morgan fingerprint density at radius 3 is 1.88 bits per heavy atom. The summed E-state index contributed by atoms with van der Waals surface area (Å²) in [5.41, 5.74) is 13.3. The van der Waals surface area contributed by atoms with Crippen LogP contribution in [0.4, 0.5) is 17.1 Å². The van der Waals surface area contributed by atoms with E-state index in [1.54, 1.807) is 11.3 Å². The number of hydrogen-bond donors (Lipinski definition) is 0. The average Bonchev–Trinajstić information content (AvgIpc) is 3.73. The number of anilines is 3. The van der Waals surface area contributed by atoms with Crippen molar-refractivity contribution in [1.29, 1.82) is 0 Å². The van der Waals surface area contributed by atoms with Crippen molar-refractivity contribution in [2.75, 3.05) is 4.90 Å². The maximum Gasteiger partial charge on any atom is 0.124 e. The third-order valence-electron chi connectivity index (χ3n) is 10.7. The predicted octanol–water partition coefficient (Wildman–Crippen LogP) is 13.7. The van der Waals surface area contributed by atoms with Gasteiger partial charge < -0.3 is 4.90 Å². The number of benzene rings is 8. The predicted molar refractivity (Wildman–Crippen MR) is 218 cm³/mol. The summed E-state index contributed by atoms with van der Waals surface area (Å²) < 4.78 is 1.23. The summed E-state index contributed by atoms with van der Waals surface area (Å²) in [6, 6.07) is 61.9. The molecule has 0 amide bonds. The zero-order chi connectivity index (χ0) is 34.1. The smallest absolute Gasteiger partial charge is 0.124 e. The molecule has 0 N–H and O–H groups in total. The highest BCUT2D eigenvalue weighted by Crippen LogP contribution is 2.51. The molecule has 0 bridgehead atoms. The number of rotatable bonds is 5. The van der Waals surface area contributed by atoms with E-state index >= 15 is 0 Å². The van der Waals surface area contributed by atoms with E-state index in [1.165, 1.54) is 59.6 Å². The maximum absolute atomic E-state index is 5.03. The molecule has 242 valence electrons. The van der Waals surface area contributed by atoms with Gasteiger partial charge in [0, 0.05) is 33.4 Å². The summed E-state index contributed by atoms with van der Waals surface area (Å²) in [7, 11) is 0. The minimum absolute atomic E-state index is 0.0942. The quantitative estimate of drug-likeness (QED) is 0.169. The third-order valence-corrected chi connectivity index (χ3v) is 11.8. The summed E-state index contributed by atoms with van der Waals surface area (Å²) in [6.45, 7) is 4.71. The van der Waals surface area contributed by atoms with Gasteiger partial charge in [-0.2, -0.15) is 0 Å². The fraction of sp³-hybridized carbons (Fsp3) is 0.0625. The molecule has 0 fully saturated rings. The molecule has 1 aliphatic rings. The molecule has 0 spiro atoms. The van der Waals surface area contributed by atoms with Gasteiger partial charge in [0.25, 0.3) is 0 Å². The number of nitrogens with zero attached hydrogens (tertiary/aromatic N) is 2. The topological polar surface area (TPSA) is 16.1 Å². The van der Waals surface area contributed by atoms with Crippen molar-refractivity contribution in [2.24, 2.45) is 0 Å². The lowest BCUT2D eigenvalue weighted by atomic mass is 9.82. The first-order chi connectivity index (χ1) is 25.0. The molecule has 1 heterocycles. The van der Waals surface area contributed by atoms with Gasteiger partial charge in [0.1, 0.15) is 5.01 Å². The lowest BCUT2D eigenvalue weighted by molar-refractivity contribution is 0.660. The van der Waals surface area contributed by atoms with Crippen molar-refractivity contribution in [2.45, 2.75) is 19.3 Å². The molecule has 2 nitrogen and oxygen atoms in total. The molecule has 51 heavy (non-hydrogen) atoms. The van der Waals surface area contributed by atoms with Crippen LogP contribution in [0.1, 0.15) is 25.0 Å². The van der Waals surface area contributed by atoms with Gasteiger partial charge in [-0.1, -0.05) is 141 Å². The third kappa shape index (κ3) is 4.80. The molecule has 0 saturated carbocycles. The Hall–Kier alpha value is -6.03. The van der Waals surface area contributed by atoms with Crippen LogP contribution >= 0.6 is 11.3 Å². The number of thiazole rings is 1. The largest absolute Gasteiger partial charge is 0.310 e. The molecule has 1 aliphatic carbocycles. The van der Waals surface area contributed by atoms with Gasteiger partial charge in [-0.05, 0) is 92.0 Å². The number of fused-ring (bicyclic) bond motifs is 8. The van der Waals surface area contributed by atoms with Crippen LogP contribution in [0.5, 0.6) is 0 Å². The molecule has 9 aromatic rings. The van der Waals surface area contributed by atoms with E-state index in [0.717, 1.165) is 33.1 Å². The molecule has 10 rings (SSSR count). The van der Waals surface area contributed by atoms with E-state index in [0.29, 0.717) is 0 Å². The first-order valence-corrected chi connectivity index (χ1v) is 18.4. The molecule has 1 aromatic heterocycles. The van der Waals surface area contributed by atoms with Crippen LogP contribution in [0.2, 0.25) is 0 Å². The molecule has 0 radical (unpaired) electrons. The Balaban J connectivity index is 1.15. The second-order valence-corrected chi connectivity index (χ2v) is 15.0. The number of aromatic nitrogens is 1. The van der Waals surface area contributed by atoms with Crippen molar-refractivity contribution in [3.05, 3.63) is 181 Å². The zero-order valence-electron chi connectivity index (χ0n) is 28.5. The monoisotopic (exact) mass is 670 g/mol. The summed E-state index contributed by atoms with van der Waals surface area (Å²) in [5.74, 6) is 0. The van der Waals surface area contributed by atoms with Gasteiger partial charge >= 0.3 is 0 Å². The summed E-state index contributed by atoms with van der Waals surface area (Å²) in [6.07, 6.45) is 0. The highest BCUT2D eigenvalue weighted by atomic mass is 32.1. The Morgan fingerprint density at radius 2 is 1.08 bits per heavy atom. The van der Waals surface area contributed by atoms with E-state index in [2.05, 4.69) is 189 Å². The SMILES string of the molecule is CC1(C)c2ccccc2-c2ccc(N(c3ccc(-c4ccccc4)cc3)c3ccc4ccc5c(ccc6nc(-c7ccccc7)sc65)c4c3)cc21. The van der Waals surface area contributed by atoms with E-state index < -0.39 is 0 Å². The molecular formula is C48H34N2S. The fourth-order valence-corrected chi connectivity index (χ4v) is 9.16. The molecule has 3 heteroatoms. The summed E-state index contributed by atoms with van der Waals surface area (Å²) >= 11 is 1.78. The molecule has 0 atom stereocenters. The molecule has 0 unspecified atom stereocenters. The van der Waals surface area contributed by atoms with Gasteiger partial charge in [0.15, 0.2) is 0 Å². The van der Waals surface area contributed by atoms with E-state index in [-0.39, 0.29) is 5.41 Å². The Morgan fingerprint density at radius 1 is 0.471 bits per heavy atom. The fourth-order valence-electron chi connectivity index (χ4n) is 8.06. The van der Waals surface area contributed by atoms with Crippen LogP contribution in [-0.4, -0.2) is 4.98 Å². The van der Waals surface area contributed by atoms with Gasteiger partial charge in [-0.25, -0.2) is 4.98 Å². The van der Waals surface area contributed by atoms with Crippen molar-refractivity contribution in [3.63, 3.8) is 0 Å². The van der Waals surface area contributed by atoms with E-state index in [1.807, 2.05) is 0 Å². The molecule has 0 aliphatic heterocycles. The van der Waals surface area contributed by atoms with Gasteiger partial charge in [0.2, 0.25) is 0 Å². The maximum atomic E-state index is 5.03. The van der Waals surface area contributed by atoms with Crippen LogP contribution in [-0.2, 0) is 5.41 Å². The highest BCUT2D eigenvalue weighted by molar-refractivity contribution is 7.22.